The Morgan fingerprint density at radius 3 is 2.39 bits per heavy atom. The Bertz CT molecular complexity index is 702. The number of halogens is 1. The van der Waals surface area contributed by atoms with Crippen molar-refractivity contribution in [2.24, 2.45) is 0 Å². The summed E-state index contributed by atoms with van der Waals surface area (Å²) < 4.78 is 11.1. The van der Waals surface area contributed by atoms with Gasteiger partial charge in [-0.2, -0.15) is 0 Å². The second-order valence-electron chi connectivity index (χ2n) is 5.25. The first-order valence-electron chi connectivity index (χ1n) is 7.32. The molecule has 0 aliphatic carbocycles. The molecule has 0 aliphatic heterocycles. The van der Waals surface area contributed by atoms with Gasteiger partial charge in [0, 0.05) is 5.56 Å². The number of benzene rings is 1. The van der Waals surface area contributed by atoms with Crippen LogP contribution < -0.4 is 5.32 Å². The average molecular weight is 334 g/mol. The molecule has 0 saturated heterocycles. The lowest BCUT2D eigenvalue weighted by molar-refractivity contribution is 0.199. The van der Waals surface area contributed by atoms with E-state index in [9.17, 15) is 5.11 Å². The summed E-state index contributed by atoms with van der Waals surface area (Å²) in [6.45, 7) is 3.07. The molecule has 0 spiro atoms. The van der Waals surface area contributed by atoms with Gasteiger partial charge >= 0.3 is 0 Å². The van der Waals surface area contributed by atoms with E-state index in [2.05, 4.69) is 5.32 Å². The largest absolute Gasteiger partial charge is 0.468 e. The van der Waals surface area contributed by atoms with Crippen molar-refractivity contribution in [2.45, 2.75) is 26.1 Å². The van der Waals surface area contributed by atoms with E-state index in [-0.39, 0.29) is 12.4 Å². The molecule has 0 amide bonds. The molecule has 0 fully saturated rings. The van der Waals surface area contributed by atoms with Crippen LogP contribution in [0, 0.1) is 0 Å². The Hall–Kier alpha value is -2.01. The predicted molar refractivity (Wildman–Crippen MR) is 91.3 cm³/mol. The van der Waals surface area contributed by atoms with Gasteiger partial charge < -0.3 is 19.3 Å². The molecule has 0 saturated carbocycles. The minimum atomic E-state index is -0.452. The van der Waals surface area contributed by atoms with Crippen molar-refractivity contribution in [2.75, 3.05) is 0 Å². The van der Waals surface area contributed by atoms with Crippen LogP contribution in [-0.2, 0) is 13.1 Å². The van der Waals surface area contributed by atoms with E-state index in [0.717, 1.165) is 28.4 Å². The van der Waals surface area contributed by atoms with Crippen molar-refractivity contribution < 1.29 is 13.9 Å². The smallest absolute Gasteiger partial charge is 0.134 e. The van der Waals surface area contributed by atoms with E-state index in [1.807, 2.05) is 48.5 Å². The van der Waals surface area contributed by atoms with Crippen LogP contribution >= 0.6 is 12.4 Å². The molecule has 2 aromatic heterocycles. The van der Waals surface area contributed by atoms with Gasteiger partial charge in [-0.3, -0.25) is 0 Å². The Kier molecular flexibility index (Phi) is 6.04. The predicted octanol–water partition coefficient (Wildman–Crippen LogP) is 4.30. The quantitative estimate of drug-likeness (QED) is 0.706. The molecule has 0 aliphatic rings. The molecule has 4 nitrogen and oxygen atoms in total. The first kappa shape index (κ1) is 17.3. The minimum Gasteiger partial charge on any atom is -0.468 e. The summed E-state index contributed by atoms with van der Waals surface area (Å²) in [5.41, 5.74) is 1.90. The number of rotatable bonds is 6. The molecule has 3 aromatic rings. The molecular weight excluding hydrogens is 314 g/mol. The molecule has 3 rings (SSSR count). The Morgan fingerprint density at radius 1 is 1.00 bits per heavy atom. The van der Waals surface area contributed by atoms with Crippen LogP contribution in [0.1, 0.15) is 30.1 Å². The van der Waals surface area contributed by atoms with Crippen molar-refractivity contribution in [1.82, 2.24) is 5.32 Å². The fourth-order valence-corrected chi connectivity index (χ4v) is 2.28. The van der Waals surface area contributed by atoms with Crippen molar-refractivity contribution in [3.8, 4) is 11.3 Å². The van der Waals surface area contributed by atoms with Crippen LogP contribution in [0.4, 0.5) is 0 Å². The van der Waals surface area contributed by atoms with Gasteiger partial charge in [0.25, 0.3) is 0 Å². The van der Waals surface area contributed by atoms with Gasteiger partial charge in [0.15, 0.2) is 0 Å². The number of aliphatic hydroxyl groups excluding tert-OH is 1. The SMILES string of the molecule is CC(O)c1ccc(-c2ccc(CNCc3ccco3)o2)cc1.Cl. The molecule has 1 atom stereocenters. The molecule has 0 radical (unpaired) electrons. The summed E-state index contributed by atoms with van der Waals surface area (Å²) in [4.78, 5) is 0. The lowest BCUT2D eigenvalue weighted by Crippen LogP contribution is -2.11. The second-order valence-corrected chi connectivity index (χ2v) is 5.25. The zero-order valence-corrected chi connectivity index (χ0v) is 13.7. The fraction of sp³-hybridized carbons (Fsp3) is 0.222. The summed E-state index contributed by atoms with van der Waals surface area (Å²) in [5, 5.41) is 12.8. The van der Waals surface area contributed by atoms with Crippen LogP contribution in [-0.4, -0.2) is 5.11 Å². The van der Waals surface area contributed by atoms with Crippen LogP contribution in [0.25, 0.3) is 11.3 Å². The number of furan rings is 2. The van der Waals surface area contributed by atoms with Crippen LogP contribution in [0.15, 0.2) is 63.6 Å². The highest BCUT2D eigenvalue weighted by molar-refractivity contribution is 5.85. The van der Waals surface area contributed by atoms with Gasteiger partial charge in [0.1, 0.15) is 17.3 Å². The van der Waals surface area contributed by atoms with Crippen LogP contribution in [0.2, 0.25) is 0 Å². The van der Waals surface area contributed by atoms with E-state index < -0.39 is 6.10 Å². The van der Waals surface area contributed by atoms with Crippen molar-refractivity contribution in [1.29, 1.82) is 0 Å². The Balaban J connectivity index is 0.00000192. The highest BCUT2D eigenvalue weighted by Crippen LogP contribution is 2.24. The van der Waals surface area contributed by atoms with Crippen molar-refractivity contribution in [3.05, 3.63) is 71.9 Å². The molecule has 0 bridgehead atoms. The van der Waals surface area contributed by atoms with E-state index in [1.165, 1.54) is 0 Å². The first-order chi connectivity index (χ1) is 10.7. The molecule has 1 aromatic carbocycles. The number of hydrogen-bond acceptors (Lipinski definition) is 4. The summed E-state index contributed by atoms with van der Waals surface area (Å²) in [6.07, 6.45) is 1.21. The van der Waals surface area contributed by atoms with Gasteiger partial charge in [0.05, 0.1) is 25.5 Å². The molecule has 1 unspecified atom stereocenters. The van der Waals surface area contributed by atoms with Crippen LogP contribution in [0.3, 0.4) is 0 Å². The van der Waals surface area contributed by atoms with Gasteiger partial charge in [-0.25, -0.2) is 0 Å². The second kappa shape index (κ2) is 8.02. The summed E-state index contributed by atoms with van der Waals surface area (Å²) in [5.74, 6) is 2.61. The molecule has 122 valence electrons. The summed E-state index contributed by atoms with van der Waals surface area (Å²) >= 11 is 0. The lowest BCUT2D eigenvalue weighted by atomic mass is 10.1. The lowest BCUT2D eigenvalue weighted by Gasteiger charge is -2.05. The molecule has 5 heteroatoms. The Morgan fingerprint density at radius 2 is 1.74 bits per heavy atom. The van der Waals surface area contributed by atoms with E-state index in [4.69, 9.17) is 8.83 Å². The highest BCUT2D eigenvalue weighted by Gasteiger charge is 2.06. The zero-order chi connectivity index (χ0) is 15.4. The minimum absolute atomic E-state index is 0. The maximum absolute atomic E-state index is 9.53. The third-order valence-corrected chi connectivity index (χ3v) is 3.52. The third-order valence-electron chi connectivity index (χ3n) is 3.52. The standard InChI is InChI=1S/C18H19NO3.ClH/c1-13(20)14-4-6-15(7-5-14)18-9-8-17(22-18)12-19-11-16-3-2-10-21-16;/h2-10,13,19-20H,11-12H2,1H3;1H. The molecule has 2 N–H and O–H groups in total. The monoisotopic (exact) mass is 333 g/mol. The van der Waals surface area contributed by atoms with E-state index in [1.54, 1.807) is 13.2 Å². The average Bonchev–Trinajstić information content (AvgIpc) is 3.19. The van der Waals surface area contributed by atoms with Crippen LogP contribution in [0.5, 0.6) is 0 Å². The number of nitrogens with one attached hydrogen (secondary N) is 1. The van der Waals surface area contributed by atoms with Gasteiger partial charge in [0.2, 0.25) is 0 Å². The highest BCUT2D eigenvalue weighted by atomic mass is 35.5. The zero-order valence-electron chi connectivity index (χ0n) is 12.9. The molecule has 23 heavy (non-hydrogen) atoms. The topological polar surface area (TPSA) is 58.5 Å². The Labute approximate surface area is 141 Å². The fourth-order valence-electron chi connectivity index (χ4n) is 2.28. The number of aliphatic hydroxyl groups is 1. The van der Waals surface area contributed by atoms with Crippen molar-refractivity contribution in [3.63, 3.8) is 0 Å². The molecular formula is C18H20ClNO3. The third kappa shape index (κ3) is 4.48. The van der Waals surface area contributed by atoms with E-state index in [0.29, 0.717) is 13.1 Å². The maximum Gasteiger partial charge on any atom is 0.134 e. The van der Waals surface area contributed by atoms with E-state index >= 15 is 0 Å². The normalized spacial score (nSPS) is 11.9. The first-order valence-corrected chi connectivity index (χ1v) is 7.32. The maximum atomic E-state index is 9.53. The van der Waals surface area contributed by atoms with Crippen molar-refractivity contribution >= 4 is 12.4 Å². The van der Waals surface area contributed by atoms with Gasteiger partial charge in [-0.1, -0.05) is 24.3 Å². The van der Waals surface area contributed by atoms with Gasteiger partial charge in [-0.15, -0.1) is 12.4 Å². The van der Waals surface area contributed by atoms with Gasteiger partial charge in [-0.05, 0) is 36.8 Å². The number of hydrogen-bond donors (Lipinski definition) is 2. The molecule has 2 heterocycles. The summed E-state index contributed by atoms with van der Waals surface area (Å²) in [6, 6.07) is 15.5. The summed E-state index contributed by atoms with van der Waals surface area (Å²) in [7, 11) is 0.